The highest BCUT2D eigenvalue weighted by Crippen LogP contribution is 2.27. The molecule has 1 heterocycles. The minimum atomic E-state index is -1.21. The molecule has 0 saturated heterocycles. The molecule has 0 bridgehead atoms. The molecule has 0 aliphatic heterocycles. The SMILES string of the molecule is CC(=O)c1sc(C(N)c2ccccc2)nc1C(=O)O. The number of carboxylic acids is 1. The Bertz CT molecular complexity index is 591. The number of carbonyl (C=O) groups excluding carboxylic acids is 1. The molecule has 0 radical (unpaired) electrons. The first-order chi connectivity index (χ1) is 9.00. The van der Waals surface area contributed by atoms with E-state index in [1.165, 1.54) is 6.92 Å². The molecule has 0 aliphatic rings. The Balaban J connectivity index is 2.44. The largest absolute Gasteiger partial charge is 0.476 e. The average Bonchev–Trinajstić information content (AvgIpc) is 2.84. The topological polar surface area (TPSA) is 93.3 Å². The number of thiazole rings is 1. The second kappa shape index (κ2) is 5.29. The van der Waals surface area contributed by atoms with Crippen LogP contribution in [0.4, 0.5) is 0 Å². The molecule has 1 aromatic carbocycles. The lowest BCUT2D eigenvalue weighted by atomic mass is 10.1. The Kier molecular flexibility index (Phi) is 3.73. The van der Waals surface area contributed by atoms with Crippen LogP contribution in [0.5, 0.6) is 0 Å². The van der Waals surface area contributed by atoms with Crippen LogP contribution in [0.25, 0.3) is 0 Å². The lowest BCUT2D eigenvalue weighted by Crippen LogP contribution is -2.12. The Labute approximate surface area is 113 Å². The van der Waals surface area contributed by atoms with Gasteiger partial charge in [0, 0.05) is 6.92 Å². The van der Waals surface area contributed by atoms with Gasteiger partial charge in [0.25, 0.3) is 0 Å². The van der Waals surface area contributed by atoms with Crippen LogP contribution in [0, 0.1) is 0 Å². The van der Waals surface area contributed by atoms with Crippen molar-refractivity contribution in [2.75, 3.05) is 0 Å². The Hall–Kier alpha value is -2.05. The van der Waals surface area contributed by atoms with Gasteiger partial charge in [-0.25, -0.2) is 9.78 Å². The molecule has 0 spiro atoms. The Morgan fingerprint density at radius 2 is 1.95 bits per heavy atom. The fourth-order valence-electron chi connectivity index (χ4n) is 1.66. The number of nitrogens with zero attached hydrogens (tertiary/aromatic N) is 1. The summed E-state index contributed by atoms with van der Waals surface area (Å²) in [6.07, 6.45) is 0. The van der Waals surface area contributed by atoms with E-state index in [4.69, 9.17) is 10.8 Å². The zero-order chi connectivity index (χ0) is 14.0. The van der Waals surface area contributed by atoms with Gasteiger partial charge in [-0.05, 0) is 5.56 Å². The van der Waals surface area contributed by atoms with Crippen molar-refractivity contribution in [2.45, 2.75) is 13.0 Å². The molecule has 5 nitrogen and oxygen atoms in total. The summed E-state index contributed by atoms with van der Waals surface area (Å²) >= 11 is 1.03. The highest BCUT2D eigenvalue weighted by Gasteiger charge is 2.23. The van der Waals surface area contributed by atoms with E-state index in [1.807, 2.05) is 30.3 Å². The predicted octanol–water partition coefficient (Wildman–Crippen LogP) is 2.09. The van der Waals surface area contributed by atoms with E-state index in [0.717, 1.165) is 16.9 Å². The summed E-state index contributed by atoms with van der Waals surface area (Å²) in [5.74, 6) is -1.53. The number of nitrogens with two attached hydrogens (primary N) is 1. The highest BCUT2D eigenvalue weighted by molar-refractivity contribution is 7.14. The molecule has 2 rings (SSSR count). The fourth-order valence-corrected chi connectivity index (χ4v) is 2.64. The van der Waals surface area contributed by atoms with E-state index >= 15 is 0 Å². The second-order valence-corrected chi connectivity index (χ2v) is 5.01. The molecular formula is C13H12N2O3S. The van der Waals surface area contributed by atoms with Crippen molar-refractivity contribution in [2.24, 2.45) is 5.73 Å². The van der Waals surface area contributed by atoms with Crippen LogP contribution in [0.15, 0.2) is 30.3 Å². The van der Waals surface area contributed by atoms with Crippen LogP contribution in [0.1, 0.15) is 43.7 Å². The van der Waals surface area contributed by atoms with E-state index < -0.39 is 12.0 Å². The van der Waals surface area contributed by atoms with Gasteiger partial charge in [0.05, 0.1) is 6.04 Å². The fraction of sp³-hybridized carbons (Fsp3) is 0.154. The molecular weight excluding hydrogens is 264 g/mol. The molecule has 0 fully saturated rings. The number of hydrogen-bond donors (Lipinski definition) is 2. The maximum absolute atomic E-state index is 11.4. The monoisotopic (exact) mass is 276 g/mol. The molecule has 2 aromatic rings. The molecule has 19 heavy (non-hydrogen) atoms. The minimum absolute atomic E-state index is 0.133. The normalized spacial score (nSPS) is 12.1. The van der Waals surface area contributed by atoms with Crippen molar-refractivity contribution >= 4 is 23.1 Å². The maximum Gasteiger partial charge on any atom is 0.356 e. The van der Waals surface area contributed by atoms with Crippen LogP contribution < -0.4 is 5.73 Å². The van der Waals surface area contributed by atoms with Crippen molar-refractivity contribution < 1.29 is 14.7 Å². The quantitative estimate of drug-likeness (QED) is 0.834. The summed E-state index contributed by atoms with van der Waals surface area (Å²) in [6, 6.07) is 8.68. The lowest BCUT2D eigenvalue weighted by Gasteiger charge is -2.07. The number of carbonyl (C=O) groups is 2. The van der Waals surface area contributed by atoms with Gasteiger partial charge in [-0.2, -0.15) is 0 Å². The van der Waals surface area contributed by atoms with Crippen molar-refractivity contribution in [3.63, 3.8) is 0 Å². The van der Waals surface area contributed by atoms with Crippen molar-refractivity contribution in [3.8, 4) is 0 Å². The van der Waals surface area contributed by atoms with Crippen LogP contribution in [-0.4, -0.2) is 21.8 Å². The molecule has 1 aromatic heterocycles. The van der Waals surface area contributed by atoms with Gasteiger partial charge in [0.15, 0.2) is 11.5 Å². The Morgan fingerprint density at radius 1 is 1.32 bits per heavy atom. The zero-order valence-corrected chi connectivity index (χ0v) is 11.0. The third-order valence-corrected chi connectivity index (χ3v) is 3.83. The van der Waals surface area contributed by atoms with Gasteiger partial charge in [0.1, 0.15) is 9.88 Å². The first kappa shape index (κ1) is 13.4. The number of rotatable bonds is 4. The van der Waals surface area contributed by atoms with Crippen molar-refractivity contribution in [3.05, 3.63) is 51.5 Å². The van der Waals surface area contributed by atoms with Crippen LogP contribution in [0.2, 0.25) is 0 Å². The lowest BCUT2D eigenvalue weighted by molar-refractivity contribution is 0.0687. The minimum Gasteiger partial charge on any atom is -0.476 e. The van der Waals surface area contributed by atoms with Crippen LogP contribution in [0.3, 0.4) is 0 Å². The number of benzene rings is 1. The van der Waals surface area contributed by atoms with E-state index in [9.17, 15) is 9.59 Å². The number of aromatic carboxylic acids is 1. The first-order valence-corrected chi connectivity index (χ1v) is 6.38. The molecule has 6 heteroatoms. The average molecular weight is 276 g/mol. The van der Waals surface area contributed by atoms with Crippen LogP contribution >= 0.6 is 11.3 Å². The van der Waals surface area contributed by atoms with Crippen molar-refractivity contribution in [1.29, 1.82) is 0 Å². The van der Waals surface area contributed by atoms with Gasteiger partial charge >= 0.3 is 5.97 Å². The first-order valence-electron chi connectivity index (χ1n) is 5.56. The number of aromatic nitrogens is 1. The summed E-state index contributed by atoms with van der Waals surface area (Å²) in [7, 11) is 0. The van der Waals surface area contributed by atoms with E-state index in [1.54, 1.807) is 0 Å². The third kappa shape index (κ3) is 2.69. The summed E-state index contributed by atoms with van der Waals surface area (Å²) in [6.45, 7) is 1.32. The van der Waals surface area contributed by atoms with E-state index in [-0.39, 0.29) is 16.4 Å². The highest BCUT2D eigenvalue weighted by atomic mass is 32.1. The van der Waals surface area contributed by atoms with Gasteiger partial charge in [-0.15, -0.1) is 11.3 Å². The maximum atomic E-state index is 11.4. The summed E-state index contributed by atoms with van der Waals surface area (Å²) in [5, 5.41) is 9.46. The Morgan fingerprint density at radius 3 is 2.42 bits per heavy atom. The van der Waals surface area contributed by atoms with Gasteiger partial charge in [-0.3, -0.25) is 4.79 Å². The smallest absolute Gasteiger partial charge is 0.356 e. The summed E-state index contributed by atoms with van der Waals surface area (Å²) in [5.41, 5.74) is 6.64. The predicted molar refractivity (Wildman–Crippen MR) is 71.6 cm³/mol. The molecule has 98 valence electrons. The molecule has 0 amide bonds. The third-order valence-electron chi connectivity index (χ3n) is 2.59. The zero-order valence-electron chi connectivity index (χ0n) is 10.2. The van der Waals surface area contributed by atoms with Gasteiger partial charge < -0.3 is 10.8 Å². The number of hydrogen-bond acceptors (Lipinski definition) is 5. The standard InChI is InChI=1S/C13H12N2O3S/c1-7(16)11-10(13(17)18)15-12(19-11)9(14)8-5-3-2-4-6-8/h2-6,9H,14H2,1H3,(H,17,18). The van der Waals surface area contributed by atoms with E-state index in [0.29, 0.717) is 5.01 Å². The second-order valence-electron chi connectivity index (χ2n) is 3.98. The van der Waals surface area contributed by atoms with Gasteiger partial charge in [0.2, 0.25) is 0 Å². The van der Waals surface area contributed by atoms with Crippen molar-refractivity contribution in [1.82, 2.24) is 4.98 Å². The summed E-state index contributed by atoms with van der Waals surface area (Å²) in [4.78, 5) is 26.6. The number of Topliss-reactive ketones (excluding diaryl/α,β-unsaturated/α-hetero) is 1. The molecule has 0 saturated carbocycles. The molecule has 1 atom stereocenters. The van der Waals surface area contributed by atoms with E-state index in [2.05, 4.69) is 4.98 Å². The molecule has 3 N–H and O–H groups in total. The number of ketones is 1. The summed E-state index contributed by atoms with van der Waals surface area (Å²) < 4.78 is 0. The van der Waals surface area contributed by atoms with Crippen LogP contribution in [-0.2, 0) is 0 Å². The number of carboxylic acid groups (broad SMARTS) is 1. The molecule has 0 aliphatic carbocycles. The molecule has 1 unspecified atom stereocenters. The van der Waals surface area contributed by atoms with Gasteiger partial charge in [-0.1, -0.05) is 30.3 Å².